The first-order valence-electron chi connectivity index (χ1n) is 7.95. The topological polar surface area (TPSA) is 46.6 Å². The molecule has 1 aliphatic heterocycles. The van der Waals surface area contributed by atoms with Crippen LogP contribution in [0.15, 0.2) is 24.3 Å². The van der Waals surface area contributed by atoms with Crippen LogP contribution in [0, 0.1) is 5.92 Å². The van der Waals surface area contributed by atoms with Crippen molar-refractivity contribution in [3.05, 3.63) is 34.9 Å². The molecule has 2 fully saturated rings. The number of fused-ring (bicyclic) bond motifs is 1. The Kier molecular flexibility index (Phi) is 3.91. The lowest BCUT2D eigenvalue weighted by Gasteiger charge is -2.29. The second-order valence-corrected chi connectivity index (χ2v) is 8.08. The van der Waals surface area contributed by atoms with E-state index in [4.69, 9.17) is 16.3 Å². The van der Waals surface area contributed by atoms with Gasteiger partial charge in [0, 0.05) is 36.4 Å². The number of ether oxygens (including phenoxy) is 1. The number of ketones is 1. The summed E-state index contributed by atoms with van der Waals surface area (Å²) in [5.41, 5.74) is 0.278. The molecule has 1 aliphatic carbocycles. The van der Waals surface area contributed by atoms with Crippen molar-refractivity contribution in [2.75, 3.05) is 13.1 Å². The Morgan fingerprint density at radius 1 is 1.30 bits per heavy atom. The number of hydrogen-bond acceptors (Lipinski definition) is 3. The van der Waals surface area contributed by atoms with Gasteiger partial charge < -0.3 is 9.64 Å². The Morgan fingerprint density at radius 3 is 2.57 bits per heavy atom. The van der Waals surface area contributed by atoms with Gasteiger partial charge in [0.1, 0.15) is 11.4 Å². The monoisotopic (exact) mass is 335 g/mol. The zero-order valence-corrected chi connectivity index (χ0v) is 14.5. The highest BCUT2D eigenvalue weighted by Gasteiger charge is 2.55. The lowest BCUT2D eigenvalue weighted by Crippen LogP contribution is -2.38. The standard InChI is InChI=1S/C18H22ClNO3/c1-17(2,3)23-16(22)20-10-13-8-15(21)9-18(13,11-20)12-4-6-14(19)7-5-12/h4-7,13H,8-11H2,1-3H3/t13-,18+/m1/s1. The van der Waals surface area contributed by atoms with Crippen LogP contribution in [-0.4, -0.2) is 35.5 Å². The first-order chi connectivity index (χ1) is 10.7. The van der Waals surface area contributed by atoms with Gasteiger partial charge in [-0.1, -0.05) is 23.7 Å². The summed E-state index contributed by atoms with van der Waals surface area (Å²) in [5.74, 6) is 0.428. The molecule has 0 aromatic heterocycles. The van der Waals surface area contributed by atoms with E-state index >= 15 is 0 Å². The van der Waals surface area contributed by atoms with Crippen molar-refractivity contribution in [3.8, 4) is 0 Å². The van der Waals surface area contributed by atoms with Crippen molar-refractivity contribution < 1.29 is 14.3 Å². The molecule has 2 aliphatic rings. The molecule has 23 heavy (non-hydrogen) atoms. The highest BCUT2D eigenvalue weighted by molar-refractivity contribution is 6.30. The molecule has 1 amide bonds. The molecule has 0 spiro atoms. The summed E-state index contributed by atoms with van der Waals surface area (Å²) in [6.07, 6.45) is 0.716. The lowest BCUT2D eigenvalue weighted by molar-refractivity contribution is -0.118. The minimum Gasteiger partial charge on any atom is -0.444 e. The van der Waals surface area contributed by atoms with Gasteiger partial charge in [-0.05, 0) is 44.4 Å². The maximum absolute atomic E-state index is 12.4. The third kappa shape index (κ3) is 3.09. The van der Waals surface area contributed by atoms with Gasteiger partial charge in [-0.15, -0.1) is 0 Å². The summed E-state index contributed by atoms with van der Waals surface area (Å²) < 4.78 is 5.49. The van der Waals surface area contributed by atoms with E-state index in [2.05, 4.69) is 0 Å². The minimum absolute atomic E-state index is 0.156. The Balaban J connectivity index is 1.87. The number of carbonyl (C=O) groups is 2. The van der Waals surface area contributed by atoms with Crippen LogP contribution < -0.4 is 0 Å². The summed E-state index contributed by atoms with van der Waals surface area (Å²) in [6.45, 7) is 6.68. The molecule has 1 aromatic rings. The van der Waals surface area contributed by atoms with Gasteiger partial charge in [0.05, 0.1) is 0 Å². The van der Waals surface area contributed by atoms with E-state index in [1.807, 2.05) is 45.0 Å². The fourth-order valence-electron chi connectivity index (χ4n) is 3.81. The Hall–Kier alpha value is -1.55. The van der Waals surface area contributed by atoms with Crippen LogP contribution in [0.25, 0.3) is 0 Å². The Morgan fingerprint density at radius 2 is 1.96 bits per heavy atom. The molecule has 0 radical (unpaired) electrons. The lowest BCUT2D eigenvalue weighted by atomic mass is 9.74. The summed E-state index contributed by atoms with van der Waals surface area (Å²) >= 11 is 5.99. The summed E-state index contributed by atoms with van der Waals surface area (Å²) in [5, 5.41) is 0.674. The number of carbonyl (C=O) groups excluding carboxylic acids is 2. The van der Waals surface area contributed by atoms with Crippen LogP contribution in [0.5, 0.6) is 0 Å². The molecule has 1 heterocycles. The normalized spacial score (nSPS) is 27.2. The number of likely N-dealkylation sites (tertiary alicyclic amines) is 1. The van der Waals surface area contributed by atoms with E-state index in [0.717, 1.165) is 5.56 Å². The highest BCUT2D eigenvalue weighted by atomic mass is 35.5. The maximum atomic E-state index is 12.4. The molecule has 0 N–H and O–H groups in total. The van der Waals surface area contributed by atoms with E-state index in [1.54, 1.807) is 4.90 Å². The zero-order chi connectivity index (χ0) is 16.8. The molecule has 1 saturated carbocycles. The third-order valence-corrected chi connectivity index (χ3v) is 5.00. The van der Waals surface area contributed by atoms with E-state index in [1.165, 1.54) is 0 Å². The SMILES string of the molecule is CC(C)(C)OC(=O)N1C[C@H]2CC(=O)C[C@@]2(c2ccc(Cl)cc2)C1. The number of benzene rings is 1. The van der Waals surface area contributed by atoms with Gasteiger partial charge in [-0.3, -0.25) is 4.79 Å². The molecule has 124 valence electrons. The summed E-state index contributed by atoms with van der Waals surface area (Å²) in [4.78, 5) is 26.2. The second-order valence-electron chi connectivity index (χ2n) is 7.64. The smallest absolute Gasteiger partial charge is 0.410 e. The quantitative estimate of drug-likeness (QED) is 0.784. The Bertz CT molecular complexity index is 635. The van der Waals surface area contributed by atoms with Crippen LogP contribution in [0.2, 0.25) is 5.02 Å². The van der Waals surface area contributed by atoms with Gasteiger partial charge in [-0.2, -0.15) is 0 Å². The van der Waals surface area contributed by atoms with Crippen molar-refractivity contribution in [1.29, 1.82) is 0 Å². The van der Waals surface area contributed by atoms with Crippen molar-refractivity contribution in [3.63, 3.8) is 0 Å². The van der Waals surface area contributed by atoms with Crippen LogP contribution in [0.3, 0.4) is 0 Å². The number of nitrogens with zero attached hydrogens (tertiary/aromatic N) is 1. The highest BCUT2D eigenvalue weighted by Crippen LogP contribution is 2.49. The van der Waals surface area contributed by atoms with Gasteiger partial charge in [0.2, 0.25) is 0 Å². The number of rotatable bonds is 1. The largest absolute Gasteiger partial charge is 0.444 e. The fraction of sp³-hybridized carbons (Fsp3) is 0.556. The van der Waals surface area contributed by atoms with Crippen molar-refractivity contribution >= 4 is 23.5 Å². The van der Waals surface area contributed by atoms with E-state index < -0.39 is 5.60 Å². The van der Waals surface area contributed by atoms with E-state index in [9.17, 15) is 9.59 Å². The van der Waals surface area contributed by atoms with Crippen molar-refractivity contribution in [2.24, 2.45) is 5.92 Å². The first kappa shape index (κ1) is 16.3. The molecule has 2 atom stereocenters. The maximum Gasteiger partial charge on any atom is 0.410 e. The number of amides is 1. The molecule has 4 nitrogen and oxygen atoms in total. The predicted octanol–water partition coefficient (Wildman–Crippen LogP) is 3.81. The molecule has 3 rings (SSSR count). The number of halogens is 1. The summed E-state index contributed by atoms with van der Waals surface area (Å²) in [7, 11) is 0. The van der Waals surface area contributed by atoms with Crippen molar-refractivity contribution in [1.82, 2.24) is 4.90 Å². The van der Waals surface area contributed by atoms with Crippen LogP contribution in [0.4, 0.5) is 4.79 Å². The van der Waals surface area contributed by atoms with Crippen LogP contribution >= 0.6 is 11.6 Å². The number of hydrogen-bond donors (Lipinski definition) is 0. The molecule has 0 bridgehead atoms. The van der Waals surface area contributed by atoms with Gasteiger partial charge in [0.15, 0.2) is 0 Å². The fourth-order valence-corrected chi connectivity index (χ4v) is 3.94. The van der Waals surface area contributed by atoms with Gasteiger partial charge >= 0.3 is 6.09 Å². The molecule has 1 aromatic carbocycles. The van der Waals surface area contributed by atoms with Crippen molar-refractivity contribution in [2.45, 2.75) is 44.6 Å². The van der Waals surface area contributed by atoms with E-state index in [-0.39, 0.29) is 23.2 Å². The predicted molar refractivity (Wildman–Crippen MR) is 88.7 cm³/mol. The third-order valence-electron chi connectivity index (χ3n) is 4.75. The summed E-state index contributed by atoms with van der Waals surface area (Å²) in [6, 6.07) is 7.66. The molecular weight excluding hydrogens is 314 g/mol. The Labute approximate surface area is 141 Å². The molecule has 5 heteroatoms. The first-order valence-corrected chi connectivity index (χ1v) is 8.33. The van der Waals surface area contributed by atoms with Crippen LogP contribution in [-0.2, 0) is 14.9 Å². The van der Waals surface area contributed by atoms with Crippen LogP contribution in [0.1, 0.15) is 39.2 Å². The van der Waals surface area contributed by atoms with E-state index in [0.29, 0.717) is 31.0 Å². The average molecular weight is 336 g/mol. The average Bonchev–Trinajstić information content (AvgIpc) is 2.91. The second kappa shape index (κ2) is 5.52. The number of Topliss-reactive ketones (excluding diaryl/α,β-unsaturated/α-hetero) is 1. The zero-order valence-electron chi connectivity index (χ0n) is 13.8. The minimum atomic E-state index is -0.516. The molecule has 0 unspecified atom stereocenters. The molecular formula is C18H22ClNO3. The van der Waals surface area contributed by atoms with Gasteiger partial charge in [-0.25, -0.2) is 4.79 Å². The van der Waals surface area contributed by atoms with Gasteiger partial charge in [0.25, 0.3) is 0 Å². The molecule has 1 saturated heterocycles.